The molecule has 0 saturated carbocycles. The standard InChI is InChI=1S/C26H26N2O6S/c1-5-33-18-12-10-16(11-13-18)22-21(25(31)34-6-2)15(3)27-26-28(22)24(30)20(35-26)14-17-8-7-9-19(32-4)23(17)29/h7-14,22,29H,5-6H2,1-4H3/b20-14-. The minimum Gasteiger partial charge on any atom is -0.504 e. The molecule has 1 aromatic heterocycles. The van der Waals surface area contributed by atoms with Crippen molar-refractivity contribution >= 4 is 23.4 Å². The van der Waals surface area contributed by atoms with Crippen LogP contribution in [0.2, 0.25) is 0 Å². The summed E-state index contributed by atoms with van der Waals surface area (Å²) >= 11 is 1.18. The highest BCUT2D eigenvalue weighted by Gasteiger charge is 2.33. The first kappa shape index (κ1) is 24.3. The third kappa shape index (κ3) is 4.59. The van der Waals surface area contributed by atoms with Crippen LogP contribution >= 0.6 is 11.3 Å². The first-order chi connectivity index (χ1) is 16.9. The summed E-state index contributed by atoms with van der Waals surface area (Å²) in [6, 6.07) is 11.6. The van der Waals surface area contributed by atoms with Crippen LogP contribution in [0.5, 0.6) is 17.2 Å². The molecule has 8 nitrogen and oxygen atoms in total. The molecule has 3 aromatic rings. The molecule has 182 valence electrons. The number of hydrogen-bond donors (Lipinski definition) is 1. The number of aromatic nitrogens is 1. The fourth-order valence-corrected chi connectivity index (χ4v) is 5.02. The van der Waals surface area contributed by atoms with Gasteiger partial charge in [0.15, 0.2) is 16.3 Å². The van der Waals surface area contributed by atoms with Gasteiger partial charge in [0, 0.05) is 5.56 Å². The van der Waals surface area contributed by atoms with Gasteiger partial charge in [0.2, 0.25) is 0 Å². The zero-order valence-electron chi connectivity index (χ0n) is 19.9. The number of fused-ring (bicyclic) bond motifs is 1. The lowest BCUT2D eigenvalue weighted by molar-refractivity contribution is -0.139. The predicted molar refractivity (Wildman–Crippen MR) is 133 cm³/mol. The molecule has 0 radical (unpaired) electrons. The normalized spacial score (nSPS) is 15.4. The van der Waals surface area contributed by atoms with Crippen molar-refractivity contribution in [3.8, 4) is 17.2 Å². The largest absolute Gasteiger partial charge is 0.504 e. The number of thiazole rings is 1. The van der Waals surface area contributed by atoms with Gasteiger partial charge in [-0.15, -0.1) is 0 Å². The van der Waals surface area contributed by atoms with E-state index in [4.69, 9.17) is 14.2 Å². The molecule has 0 fully saturated rings. The van der Waals surface area contributed by atoms with Gasteiger partial charge < -0.3 is 19.3 Å². The highest BCUT2D eigenvalue weighted by Crippen LogP contribution is 2.32. The number of carbonyl (C=O) groups excluding carboxylic acids is 1. The van der Waals surface area contributed by atoms with E-state index in [1.54, 1.807) is 50.3 Å². The number of esters is 1. The van der Waals surface area contributed by atoms with Gasteiger partial charge in [-0.05, 0) is 50.6 Å². The molecule has 1 unspecified atom stereocenters. The van der Waals surface area contributed by atoms with E-state index in [-0.39, 0.29) is 17.9 Å². The van der Waals surface area contributed by atoms with Crippen molar-refractivity contribution in [2.75, 3.05) is 20.3 Å². The van der Waals surface area contributed by atoms with Crippen LogP contribution in [-0.4, -0.2) is 36.0 Å². The fraction of sp³-hybridized carbons (Fsp3) is 0.269. The monoisotopic (exact) mass is 494 g/mol. The second-order valence-electron chi connectivity index (χ2n) is 7.70. The molecule has 0 aliphatic carbocycles. The highest BCUT2D eigenvalue weighted by molar-refractivity contribution is 7.07. The molecule has 2 heterocycles. The number of rotatable bonds is 7. The van der Waals surface area contributed by atoms with Crippen LogP contribution in [0.3, 0.4) is 0 Å². The molecule has 4 rings (SSSR count). The average Bonchev–Trinajstić information content (AvgIpc) is 3.14. The number of nitrogens with zero attached hydrogens (tertiary/aromatic N) is 2. The van der Waals surface area contributed by atoms with Crippen LogP contribution in [0.15, 0.2) is 63.5 Å². The molecule has 0 amide bonds. The SMILES string of the molecule is CCOC(=O)C1=C(C)N=c2s/c(=C\c3cccc(OC)c3O)c(=O)n2C1c1ccc(OCC)cc1. The summed E-state index contributed by atoms with van der Waals surface area (Å²) in [5, 5.41) is 10.5. The van der Waals surface area contributed by atoms with Gasteiger partial charge >= 0.3 is 5.97 Å². The number of para-hydroxylation sites is 1. The Morgan fingerprint density at radius 1 is 1.17 bits per heavy atom. The van der Waals surface area contributed by atoms with E-state index in [0.29, 0.717) is 44.3 Å². The topological polar surface area (TPSA) is 99.4 Å². The summed E-state index contributed by atoms with van der Waals surface area (Å²) in [5.41, 5.74) is 1.62. The van der Waals surface area contributed by atoms with Gasteiger partial charge in [0.05, 0.1) is 42.2 Å². The summed E-state index contributed by atoms with van der Waals surface area (Å²) in [6.07, 6.45) is 1.60. The van der Waals surface area contributed by atoms with Gasteiger partial charge in [-0.25, -0.2) is 9.79 Å². The van der Waals surface area contributed by atoms with E-state index in [9.17, 15) is 14.7 Å². The fourth-order valence-electron chi connectivity index (χ4n) is 3.98. The summed E-state index contributed by atoms with van der Waals surface area (Å²) in [4.78, 5) is 31.6. The number of benzene rings is 2. The molecule has 2 aromatic carbocycles. The molecule has 0 spiro atoms. The van der Waals surface area contributed by atoms with E-state index < -0.39 is 12.0 Å². The molecule has 1 N–H and O–H groups in total. The minimum atomic E-state index is -0.720. The quantitative estimate of drug-likeness (QED) is 0.507. The van der Waals surface area contributed by atoms with Crippen molar-refractivity contribution in [2.24, 2.45) is 4.99 Å². The molecule has 9 heteroatoms. The summed E-state index contributed by atoms with van der Waals surface area (Å²) in [6.45, 7) is 6.09. The molecular formula is C26H26N2O6S. The second-order valence-corrected chi connectivity index (χ2v) is 8.71. The maximum absolute atomic E-state index is 13.6. The van der Waals surface area contributed by atoms with E-state index in [1.165, 1.54) is 23.0 Å². The van der Waals surface area contributed by atoms with Crippen LogP contribution in [0, 0.1) is 0 Å². The third-order valence-electron chi connectivity index (χ3n) is 5.56. The van der Waals surface area contributed by atoms with E-state index >= 15 is 0 Å². The molecule has 35 heavy (non-hydrogen) atoms. The van der Waals surface area contributed by atoms with Crippen LogP contribution < -0.4 is 24.4 Å². The molecule has 1 aliphatic heterocycles. The zero-order valence-corrected chi connectivity index (χ0v) is 20.7. The van der Waals surface area contributed by atoms with Crippen molar-refractivity contribution in [3.05, 3.63) is 84.5 Å². The number of hydrogen-bond acceptors (Lipinski definition) is 8. The Morgan fingerprint density at radius 3 is 2.57 bits per heavy atom. The Balaban J connectivity index is 1.93. The minimum absolute atomic E-state index is 0.0627. The Morgan fingerprint density at radius 2 is 1.91 bits per heavy atom. The Bertz CT molecular complexity index is 1470. The third-order valence-corrected chi connectivity index (χ3v) is 6.54. The van der Waals surface area contributed by atoms with Crippen LogP contribution in [0.1, 0.15) is 37.9 Å². The van der Waals surface area contributed by atoms with Crippen LogP contribution in [0.4, 0.5) is 0 Å². The number of allylic oxidation sites excluding steroid dienone is 1. The lowest BCUT2D eigenvalue weighted by Gasteiger charge is -2.24. The van der Waals surface area contributed by atoms with Gasteiger partial charge in [-0.1, -0.05) is 35.6 Å². The van der Waals surface area contributed by atoms with E-state index in [0.717, 1.165) is 5.56 Å². The number of phenols is 1. The molecule has 0 bridgehead atoms. The molecular weight excluding hydrogens is 468 g/mol. The van der Waals surface area contributed by atoms with Crippen molar-refractivity contribution in [2.45, 2.75) is 26.8 Å². The van der Waals surface area contributed by atoms with Crippen molar-refractivity contribution in [1.82, 2.24) is 4.57 Å². The first-order valence-electron chi connectivity index (χ1n) is 11.2. The average molecular weight is 495 g/mol. The second kappa shape index (κ2) is 10.2. The lowest BCUT2D eigenvalue weighted by atomic mass is 9.96. The molecule has 0 saturated heterocycles. The summed E-state index contributed by atoms with van der Waals surface area (Å²) < 4.78 is 17.9. The van der Waals surface area contributed by atoms with Crippen LogP contribution in [-0.2, 0) is 9.53 Å². The van der Waals surface area contributed by atoms with E-state index in [2.05, 4.69) is 4.99 Å². The molecule has 1 aliphatic rings. The van der Waals surface area contributed by atoms with E-state index in [1.807, 2.05) is 19.1 Å². The van der Waals surface area contributed by atoms with Gasteiger partial charge in [0.25, 0.3) is 5.56 Å². The number of methoxy groups -OCH3 is 1. The lowest BCUT2D eigenvalue weighted by Crippen LogP contribution is -2.39. The van der Waals surface area contributed by atoms with Crippen molar-refractivity contribution in [1.29, 1.82) is 0 Å². The van der Waals surface area contributed by atoms with Gasteiger partial charge in [0.1, 0.15) is 5.75 Å². The number of aromatic hydroxyl groups is 1. The maximum atomic E-state index is 13.6. The Hall–Kier alpha value is -3.85. The van der Waals surface area contributed by atoms with Gasteiger partial charge in [-0.3, -0.25) is 9.36 Å². The smallest absolute Gasteiger partial charge is 0.338 e. The van der Waals surface area contributed by atoms with Gasteiger partial charge in [-0.2, -0.15) is 0 Å². The highest BCUT2D eigenvalue weighted by atomic mass is 32.1. The number of phenolic OH excluding ortho intramolecular Hbond substituents is 1. The summed E-state index contributed by atoms with van der Waals surface area (Å²) in [7, 11) is 1.46. The zero-order chi connectivity index (χ0) is 25.1. The predicted octanol–water partition coefficient (Wildman–Crippen LogP) is 2.91. The van der Waals surface area contributed by atoms with Crippen molar-refractivity contribution in [3.63, 3.8) is 0 Å². The van der Waals surface area contributed by atoms with Crippen LogP contribution in [0.25, 0.3) is 6.08 Å². The number of carbonyl (C=O) groups is 1. The number of ether oxygens (including phenoxy) is 3. The maximum Gasteiger partial charge on any atom is 0.338 e. The molecule has 1 atom stereocenters. The van der Waals surface area contributed by atoms with Crippen molar-refractivity contribution < 1.29 is 24.1 Å². The first-order valence-corrected chi connectivity index (χ1v) is 12.0. The Kier molecular flexibility index (Phi) is 7.07. The Labute approximate surface area is 206 Å². The summed E-state index contributed by atoms with van der Waals surface area (Å²) in [5.74, 6) is 0.412.